The van der Waals surface area contributed by atoms with Crippen molar-refractivity contribution in [3.05, 3.63) is 51.1 Å². The third-order valence-electron chi connectivity index (χ3n) is 2.77. The molecule has 2 aromatic rings. The number of carbonyl (C=O) groups excluding carboxylic acids is 1. The van der Waals surface area contributed by atoms with Gasteiger partial charge in [-0.1, -0.05) is 33.6 Å². The van der Waals surface area contributed by atoms with E-state index in [9.17, 15) is 4.79 Å². The lowest BCUT2D eigenvalue weighted by Gasteiger charge is -2.10. The smallest absolute Gasteiger partial charge is 0.275 e. The Balaban J connectivity index is 2.30. The Morgan fingerprint density at radius 1 is 1.30 bits per heavy atom. The maximum Gasteiger partial charge on any atom is 0.275 e. The first-order valence-electron chi connectivity index (χ1n) is 5.93. The highest BCUT2D eigenvalue weighted by Crippen LogP contribution is 2.23. The summed E-state index contributed by atoms with van der Waals surface area (Å²) in [6.45, 7) is 1.92. The van der Waals surface area contributed by atoms with Crippen molar-refractivity contribution < 1.29 is 4.79 Å². The van der Waals surface area contributed by atoms with Crippen molar-refractivity contribution in [1.82, 2.24) is 4.98 Å². The number of nitrogens with one attached hydrogen (secondary N) is 2. The van der Waals surface area contributed by atoms with Crippen LogP contribution in [0.5, 0.6) is 0 Å². The second kappa shape index (κ2) is 6.24. The summed E-state index contributed by atoms with van der Waals surface area (Å²) in [7, 11) is 1.73. The summed E-state index contributed by atoms with van der Waals surface area (Å²) in [6.07, 6.45) is 0. The predicted octanol–water partition coefficient (Wildman–Crippen LogP) is 4.10. The van der Waals surface area contributed by atoms with Crippen LogP contribution in [-0.4, -0.2) is 17.9 Å². The third kappa shape index (κ3) is 3.29. The maximum absolute atomic E-state index is 12.3. The number of aromatic nitrogens is 1. The molecule has 0 aliphatic carbocycles. The van der Waals surface area contributed by atoms with E-state index in [4.69, 9.17) is 11.6 Å². The summed E-state index contributed by atoms with van der Waals surface area (Å²) in [5, 5.41) is 6.01. The number of benzene rings is 1. The van der Waals surface area contributed by atoms with Gasteiger partial charge in [0, 0.05) is 17.2 Å². The molecule has 0 fully saturated rings. The van der Waals surface area contributed by atoms with Crippen molar-refractivity contribution in [3.63, 3.8) is 0 Å². The van der Waals surface area contributed by atoms with Crippen molar-refractivity contribution in [3.8, 4) is 0 Å². The number of rotatable bonds is 3. The van der Waals surface area contributed by atoms with Gasteiger partial charge in [0.25, 0.3) is 5.91 Å². The first kappa shape index (κ1) is 14.8. The van der Waals surface area contributed by atoms with E-state index in [-0.39, 0.29) is 11.6 Å². The normalized spacial score (nSPS) is 10.2. The molecular formula is C14H13BrClN3O. The number of halogens is 2. The lowest BCUT2D eigenvalue weighted by atomic mass is 10.2. The predicted molar refractivity (Wildman–Crippen MR) is 85.6 cm³/mol. The van der Waals surface area contributed by atoms with Gasteiger partial charge in [-0.2, -0.15) is 0 Å². The van der Waals surface area contributed by atoms with Gasteiger partial charge in [0.05, 0.1) is 5.02 Å². The summed E-state index contributed by atoms with van der Waals surface area (Å²) < 4.78 is 0.890. The van der Waals surface area contributed by atoms with Crippen molar-refractivity contribution in [2.24, 2.45) is 0 Å². The second-order valence-electron chi connectivity index (χ2n) is 4.19. The van der Waals surface area contributed by atoms with Crippen LogP contribution < -0.4 is 10.6 Å². The van der Waals surface area contributed by atoms with E-state index in [0.717, 1.165) is 15.7 Å². The number of aryl methyl sites for hydroxylation is 1. The fourth-order valence-electron chi connectivity index (χ4n) is 1.65. The van der Waals surface area contributed by atoms with Crippen LogP contribution >= 0.6 is 27.5 Å². The molecule has 4 nitrogen and oxygen atoms in total. The molecular weight excluding hydrogens is 342 g/mol. The van der Waals surface area contributed by atoms with Crippen LogP contribution in [0.4, 0.5) is 11.5 Å². The van der Waals surface area contributed by atoms with E-state index in [2.05, 4.69) is 31.5 Å². The molecule has 1 heterocycles. The maximum atomic E-state index is 12.3. The Hall–Kier alpha value is -1.59. The molecule has 2 rings (SSSR count). The summed E-state index contributed by atoms with van der Waals surface area (Å²) in [5.41, 5.74) is 1.87. The van der Waals surface area contributed by atoms with Gasteiger partial charge in [-0.3, -0.25) is 4.79 Å². The van der Waals surface area contributed by atoms with Crippen LogP contribution in [0.25, 0.3) is 0 Å². The quantitative estimate of drug-likeness (QED) is 0.872. The summed E-state index contributed by atoms with van der Waals surface area (Å²) >= 11 is 9.40. The summed E-state index contributed by atoms with van der Waals surface area (Å²) in [4.78, 5) is 16.4. The van der Waals surface area contributed by atoms with Crippen molar-refractivity contribution in [2.45, 2.75) is 6.92 Å². The average molecular weight is 355 g/mol. The largest absolute Gasteiger partial charge is 0.373 e. The molecule has 0 aliphatic rings. The molecule has 0 saturated heterocycles. The van der Waals surface area contributed by atoms with Gasteiger partial charge in [0.1, 0.15) is 11.5 Å². The first-order valence-corrected chi connectivity index (χ1v) is 7.10. The number of anilines is 2. The number of amides is 1. The Morgan fingerprint density at radius 3 is 2.75 bits per heavy atom. The van der Waals surface area contributed by atoms with Crippen LogP contribution in [0.2, 0.25) is 5.02 Å². The highest BCUT2D eigenvalue weighted by Gasteiger charge is 2.14. The molecule has 0 unspecified atom stereocenters. The zero-order chi connectivity index (χ0) is 14.7. The number of nitrogens with zero attached hydrogens (tertiary/aromatic N) is 1. The van der Waals surface area contributed by atoms with Gasteiger partial charge in [-0.05, 0) is 36.8 Å². The Kier molecular flexibility index (Phi) is 4.62. The van der Waals surface area contributed by atoms with E-state index in [1.807, 2.05) is 25.1 Å². The molecule has 2 N–H and O–H groups in total. The van der Waals surface area contributed by atoms with Gasteiger partial charge in [0.2, 0.25) is 0 Å². The fourth-order valence-corrected chi connectivity index (χ4v) is 2.20. The molecule has 1 aromatic carbocycles. The van der Waals surface area contributed by atoms with Crippen LogP contribution in [0.15, 0.2) is 34.8 Å². The number of carbonyl (C=O) groups is 1. The molecule has 0 radical (unpaired) electrons. The Morgan fingerprint density at radius 2 is 2.05 bits per heavy atom. The standard InChI is InChI=1S/C14H13BrClN3O/c1-8-3-4-9(15)7-11(8)18-14(20)13-10(16)5-6-12(17-2)19-13/h3-7H,1-2H3,(H,17,19)(H,18,20). The number of pyridine rings is 1. The molecule has 0 aliphatic heterocycles. The summed E-state index contributed by atoms with van der Waals surface area (Å²) in [6, 6.07) is 9.02. The minimum atomic E-state index is -0.340. The van der Waals surface area contributed by atoms with Gasteiger partial charge in [-0.15, -0.1) is 0 Å². The van der Waals surface area contributed by atoms with Crippen LogP contribution in [0.1, 0.15) is 16.1 Å². The minimum Gasteiger partial charge on any atom is -0.373 e. The zero-order valence-corrected chi connectivity index (χ0v) is 13.3. The van der Waals surface area contributed by atoms with Gasteiger partial charge < -0.3 is 10.6 Å². The fraction of sp³-hybridized carbons (Fsp3) is 0.143. The molecule has 0 saturated carbocycles. The minimum absolute atomic E-state index is 0.192. The highest BCUT2D eigenvalue weighted by atomic mass is 79.9. The van der Waals surface area contributed by atoms with E-state index in [1.54, 1.807) is 19.2 Å². The first-order chi connectivity index (χ1) is 9.51. The molecule has 6 heteroatoms. The number of hydrogen-bond donors (Lipinski definition) is 2. The highest BCUT2D eigenvalue weighted by molar-refractivity contribution is 9.10. The third-order valence-corrected chi connectivity index (χ3v) is 3.56. The van der Waals surface area contributed by atoms with Crippen molar-refractivity contribution >= 4 is 44.9 Å². The van der Waals surface area contributed by atoms with Crippen LogP contribution in [-0.2, 0) is 0 Å². The molecule has 20 heavy (non-hydrogen) atoms. The van der Waals surface area contributed by atoms with Gasteiger partial charge >= 0.3 is 0 Å². The zero-order valence-electron chi connectivity index (χ0n) is 11.0. The molecule has 0 bridgehead atoms. The second-order valence-corrected chi connectivity index (χ2v) is 5.51. The average Bonchev–Trinajstić information content (AvgIpc) is 2.43. The van der Waals surface area contributed by atoms with E-state index in [0.29, 0.717) is 10.8 Å². The molecule has 0 atom stereocenters. The van der Waals surface area contributed by atoms with E-state index in [1.165, 1.54) is 0 Å². The summed E-state index contributed by atoms with van der Waals surface area (Å²) in [5.74, 6) is 0.249. The monoisotopic (exact) mass is 353 g/mol. The van der Waals surface area contributed by atoms with Crippen molar-refractivity contribution in [2.75, 3.05) is 17.7 Å². The SMILES string of the molecule is CNc1ccc(Cl)c(C(=O)Nc2cc(Br)ccc2C)n1. The van der Waals surface area contributed by atoms with E-state index < -0.39 is 0 Å². The van der Waals surface area contributed by atoms with E-state index >= 15 is 0 Å². The molecule has 104 valence electrons. The molecule has 0 spiro atoms. The Bertz CT molecular complexity index is 661. The molecule has 1 amide bonds. The van der Waals surface area contributed by atoms with Crippen LogP contribution in [0, 0.1) is 6.92 Å². The van der Waals surface area contributed by atoms with Crippen LogP contribution in [0.3, 0.4) is 0 Å². The Labute approximate surface area is 130 Å². The van der Waals surface area contributed by atoms with Gasteiger partial charge in [-0.25, -0.2) is 4.98 Å². The molecule has 1 aromatic heterocycles. The van der Waals surface area contributed by atoms with Gasteiger partial charge in [0.15, 0.2) is 0 Å². The lowest BCUT2D eigenvalue weighted by Crippen LogP contribution is -2.15. The topological polar surface area (TPSA) is 54.0 Å². The van der Waals surface area contributed by atoms with Crippen molar-refractivity contribution in [1.29, 1.82) is 0 Å². The number of hydrogen-bond acceptors (Lipinski definition) is 3. The lowest BCUT2D eigenvalue weighted by molar-refractivity contribution is 0.102.